The molecular weight excluding hydrogens is 231 g/mol. The fourth-order valence-corrected chi connectivity index (χ4v) is 1.93. The molecule has 0 amide bonds. The Morgan fingerprint density at radius 3 is 2.67 bits per heavy atom. The van der Waals surface area contributed by atoms with Gasteiger partial charge in [-0.1, -0.05) is 6.07 Å². The van der Waals surface area contributed by atoms with Gasteiger partial charge >= 0.3 is 0 Å². The van der Waals surface area contributed by atoms with Gasteiger partial charge in [0.1, 0.15) is 5.82 Å². The van der Waals surface area contributed by atoms with Crippen molar-refractivity contribution in [3.63, 3.8) is 0 Å². The first-order valence-electron chi connectivity index (χ1n) is 6.44. The van der Waals surface area contributed by atoms with Crippen LogP contribution in [0.25, 0.3) is 0 Å². The Morgan fingerprint density at radius 1 is 1.28 bits per heavy atom. The Bertz CT molecular complexity index is 358. The number of aliphatic hydroxyl groups is 1. The van der Waals surface area contributed by atoms with Crippen molar-refractivity contribution in [2.24, 2.45) is 0 Å². The van der Waals surface area contributed by atoms with E-state index >= 15 is 0 Å². The van der Waals surface area contributed by atoms with Gasteiger partial charge in [0.25, 0.3) is 0 Å². The summed E-state index contributed by atoms with van der Waals surface area (Å²) in [6.07, 6.45) is 2.76. The average molecular weight is 254 g/mol. The molecule has 0 saturated carbocycles. The average Bonchev–Trinajstić information content (AvgIpc) is 2.35. The summed E-state index contributed by atoms with van der Waals surface area (Å²) in [6.45, 7) is 1.72. The smallest absolute Gasteiger partial charge is 0.146 e. The summed E-state index contributed by atoms with van der Waals surface area (Å²) in [5, 5.41) is 11.7. The summed E-state index contributed by atoms with van der Waals surface area (Å²) in [5.41, 5.74) is 1.59. The lowest BCUT2D eigenvalue weighted by molar-refractivity contribution is 0.283. The lowest BCUT2D eigenvalue weighted by Gasteiger charge is -2.20. The van der Waals surface area contributed by atoms with E-state index in [0.717, 1.165) is 31.4 Å². The predicted octanol–water partition coefficient (Wildman–Crippen LogP) is 2.14. The van der Waals surface area contributed by atoms with Crippen molar-refractivity contribution in [3.05, 3.63) is 29.6 Å². The van der Waals surface area contributed by atoms with Crippen LogP contribution in [0, 0.1) is 5.82 Å². The summed E-state index contributed by atoms with van der Waals surface area (Å²) in [6, 6.07) is 5.35. The Balaban J connectivity index is 2.54. The van der Waals surface area contributed by atoms with Crippen molar-refractivity contribution in [2.45, 2.75) is 25.8 Å². The second-order valence-electron chi connectivity index (χ2n) is 4.52. The molecular formula is C14H23FN2O. The third-order valence-corrected chi connectivity index (χ3v) is 2.96. The fourth-order valence-electron chi connectivity index (χ4n) is 1.93. The third kappa shape index (κ3) is 4.63. The fraction of sp³-hybridized carbons (Fsp3) is 0.571. The van der Waals surface area contributed by atoms with Crippen LogP contribution in [-0.4, -0.2) is 32.4 Å². The van der Waals surface area contributed by atoms with Gasteiger partial charge in [-0.3, -0.25) is 0 Å². The van der Waals surface area contributed by atoms with Crippen LogP contribution in [0.2, 0.25) is 0 Å². The molecule has 4 heteroatoms. The van der Waals surface area contributed by atoms with E-state index in [2.05, 4.69) is 5.32 Å². The number of hydrogen-bond donors (Lipinski definition) is 2. The van der Waals surface area contributed by atoms with E-state index in [-0.39, 0.29) is 12.4 Å². The molecule has 0 spiro atoms. The van der Waals surface area contributed by atoms with Crippen LogP contribution < -0.4 is 10.2 Å². The minimum absolute atomic E-state index is 0.174. The van der Waals surface area contributed by atoms with Gasteiger partial charge in [-0.2, -0.15) is 0 Å². The summed E-state index contributed by atoms with van der Waals surface area (Å²) < 4.78 is 13.9. The number of nitrogens with zero attached hydrogens (tertiary/aromatic N) is 1. The molecule has 0 fully saturated rings. The number of hydrogen-bond acceptors (Lipinski definition) is 3. The van der Waals surface area contributed by atoms with Crippen LogP contribution in [0.4, 0.5) is 10.1 Å². The first kappa shape index (κ1) is 14.9. The normalized spacial score (nSPS) is 10.7. The molecule has 1 rings (SSSR count). The van der Waals surface area contributed by atoms with E-state index in [0.29, 0.717) is 12.2 Å². The Hall–Kier alpha value is -1.13. The van der Waals surface area contributed by atoms with Gasteiger partial charge in [0.05, 0.1) is 5.69 Å². The summed E-state index contributed by atoms with van der Waals surface area (Å²) in [7, 11) is 3.74. The molecule has 1 aromatic rings. The lowest BCUT2D eigenvalue weighted by Crippen LogP contribution is -2.20. The monoisotopic (exact) mass is 254 g/mol. The van der Waals surface area contributed by atoms with E-state index in [9.17, 15) is 4.39 Å². The third-order valence-electron chi connectivity index (χ3n) is 2.96. The van der Waals surface area contributed by atoms with Crippen LogP contribution in [0.3, 0.4) is 0 Å². The zero-order valence-corrected chi connectivity index (χ0v) is 11.2. The number of benzene rings is 1. The Morgan fingerprint density at radius 2 is 2.06 bits per heavy atom. The summed E-state index contributed by atoms with van der Waals surface area (Å²) in [4.78, 5) is 1.93. The zero-order chi connectivity index (χ0) is 13.4. The van der Waals surface area contributed by atoms with E-state index < -0.39 is 0 Å². The lowest BCUT2D eigenvalue weighted by atomic mass is 10.1. The molecule has 0 radical (unpaired) electrons. The highest BCUT2D eigenvalue weighted by Crippen LogP contribution is 2.20. The molecule has 0 aliphatic rings. The predicted molar refractivity (Wildman–Crippen MR) is 73.4 cm³/mol. The van der Waals surface area contributed by atoms with Crippen molar-refractivity contribution in [1.29, 1.82) is 0 Å². The zero-order valence-electron chi connectivity index (χ0n) is 11.2. The molecule has 1 aromatic carbocycles. The van der Waals surface area contributed by atoms with Crippen molar-refractivity contribution in [2.75, 3.05) is 32.1 Å². The molecule has 2 N–H and O–H groups in total. The minimum Gasteiger partial charge on any atom is -0.396 e. The summed E-state index contributed by atoms with van der Waals surface area (Å²) in [5.74, 6) is -0.174. The number of unbranched alkanes of at least 4 members (excludes halogenated alkanes) is 2. The SMILES string of the molecule is CNCc1ccc(N(C)CCCCCO)c(F)c1. The van der Waals surface area contributed by atoms with E-state index in [1.807, 2.05) is 31.1 Å². The first-order valence-corrected chi connectivity index (χ1v) is 6.44. The van der Waals surface area contributed by atoms with Crippen molar-refractivity contribution < 1.29 is 9.50 Å². The molecule has 0 saturated heterocycles. The molecule has 0 aromatic heterocycles. The van der Waals surface area contributed by atoms with Crippen LogP contribution in [-0.2, 0) is 6.54 Å². The maximum atomic E-state index is 13.9. The van der Waals surface area contributed by atoms with Crippen LogP contribution >= 0.6 is 0 Å². The molecule has 18 heavy (non-hydrogen) atoms. The molecule has 0 unspecified atom stereocenters. The molecule has 0 aliphatic carbocycles. The highest BCUT2D eigenvalue weighted by atomic mass is 19.1. The van der Waals surface area contributed by atoms with Gasteiger partial charge in [-0.25, -0.2) is 4.39 Å². The van der Waals surface area contributed by atoms with Gasteiger partial charge in [0.2, 0.25) is 0 Å². The number of nitrogens with one attached hydrogen (secondary N) is 1. The van der Waals surface area contributed by atoms with Crippen LogP contribution in [0.1, 0.15) is 24.8 Å². The van der Waals surface area contributed by atoms with Gasteiger partial charge in [0, 0.05) is 26.7 Å². The molecule has 0 atom stereocenters. The van der Waals surface area contributed by atoms with Crippen LogP contribution in [0.15, 0.2) is 18.2 Å². The van der Waals surface area contributed by atoms with Crippen molar-refractivity contribution in [1.82, 2.24) is 5.32 Å². The molecule has 0 aliphatic heterocycles. The second kappa shape index (κ2) is 8.06. The number of anilines is 1. The maximum absolute atomic E-state index is 13.9. The number of halogens is 1. The first-order chi connectivity index (χ1) is 8.69. The maximum Gasteiger partial charge on any atom is 0.146 e. The minimum atomic E-state index is -0.174. The topological polar surface area (TPSA) is 35.5 Å². The quantitative estimate of drug-likeness (QED) is 0.698. The Kier molecular flexibility index (Phi) is 6.68. The molecule has 0 heterocycles. The second-order valence-corrected chi connectivity index (χ2v) is 4.52. The van der Waals surface area contributed by atoms with Crippen molar-refractivity contribution >= 4 is 5.69 Å². The Labute approximate surface area is 109 Å². The van der Waals surface area contributed by atoms with Crippen molar-refractivity contribution in [3.8, 4) is 0 Å². The highest BCUT2D eigenvalue weighted by Gasteiger charge is 2.07. The van der Waals surface area contributed by atoms with Gasteiger partial charge in [0.15, 0.2) is 0 Å². The van der Waals surface area contributed by atoms with E-state index in [1.54, 1.807) is 6.07 Å². The molecule has 0 bridgehead atoms. The van der Waals surface area contributed by atoms with Gasteiger partial charge in [-0.15, -0.1) is 0 Å². The number of aliphatic hydroxyl groups excluding tert-OH is 1. The van der Waals surface area contributed by atoms with E-state index in [1.165, 1.54) is 0 Å². The van der Waals surface area contributed by atoms with Crippen LogP contribution in [0.5, 0.6) is 0 Å². The standard InChI is InChI=1S/C14H23FN2O/c1-16-11-12-6-7-14(13(15)10-12)17(2)8-4-3-5-9-18/h6-7,10,16,18H,3-5,8-9,11H2,1-2H3. The van der Waals surface area contributed by atoms with E-state index in [4.69, 9.17) is 5.11 Å². The largest absolute Gasteiger partial charge is 0.396 e. The van der Waals surface area contributed by atoms with Gasteiger partial charge < -0.3 is 15.3 Å². The summed E-state index contributed by atoms with van der Waals surface area (Å²) >= 11 is 0. The highest BCUT2D eigenvalue weighted by molar-refractivity contribution is 5.48. The molecule has 3 nitrogen and oxygen atoms in total. The molecule has 102 valence electrons. The van der Waals surface area contributed by atoms with Gasteiger partial charge in [-0.05, 0) is 44.0 Å². The number of rotatable bonds is 8.